The normalized spacial score (nSPS) is 18.8. The Kier molecular flexibility index (Phi) is 6.63. The average Bonchev–Trinajstić information content (AvgIpc) is 2.80. The van der Waals surface area contributed by atoms with E-state index in [2.05, 4.69) is 31.7 Å². The summed E-state index contributed by atoms with van der Waals surface area (Å²) in [6.45, 7) is 6.61. The van der Waals surface area contributed by atoms with E-state index in [1.54, 1.807) is 10.6 Å². The molecule has 0 saturated carbocycles. The van der Waals surface area contributed by atoms with Crippen LogP contribution in [0.15, 0.2) is 53.3 Å². The van der Waals surface area contributed by atoms with E-state index in [9.17, 15) is 4.79 Å². The second kappa shape index (κ2) is 9.61. The van der Waals surface area contributed by atoms with E-state index in [0.717, 1.165) is 42.4 Å². The van der Waals surface area contributed by atoms with Crippen LogP contribution in [0, 0.1) is 5.41 Å². The maximum absolute atomic E-state index is 13.8. The van der Waals surface area contributed by atoms with Crippen LogP contribution in [0.25, 0.3) is 22.8 Å². The summed E-state index contributed by atoms with van der Waals surface area (Å²) in [5.74, 6) is -0.0233. The summed E-state index contributed by atoms with van der Waals surface area (Å²) in [5.41, 5.74) is 9.90. The highest BCUT2D eigenvalue weighted by atomic mass is 16.1. The number of nitrogens with one attached hydrogen (secondary N) is 1. The molecule has 0 bridgehead atoms. The number of piperidine rings is 1. The van der Waals surface area contributed by atoms with Crippen molar-refractivity contribution in [1.29, 1.82) is 5.41 Å². The Morgan fingerprint density at radius 1 is 1.18 bits per heavy atom. The van der Waals surface area contributed by atoms with E-state index >= 15 is 0 Å². The van der Waals surface area contributed by atoms with Gasteiger partial charge in [-0.2, -0.15) is 0 Å². The molecule has 0 spiro atoms. The minimum Gasteiger partial charge on any atom is -0.384 e. The highest BCUT2D eigenvalue weighted by molar-refractivity contribution is 5.96. The van der Waals surface area contributed by atoms with Crippen molar-refractivity contribution in [3.05, 3.63) is 70.2 Å². The van der Waals surface area contributed by atoms with Gasteiger partial charge in [-0.15, -0.1) is 0 Å². The number of nitrogens with zero attached hydrogens (tertiary/aromatic N) is 3. The number of nitrogen functional groups attached to an aromatic ring is 1. The first-order valence-electron chi connectivity index (χ1n) is 11.9. The number of benzene rings is 2. The van der Waals surface area contributed by atoms with Crippen LogP contribution in [0.1, 0.15) is 64.1 Å². The molecule has 2 heterocycles. The van der Waals surface area contributed by atoms with Crippen LogP contribution in [0.3, 0.4) is 0 Å². The van der Waals surface area contributed by atoms with Crippen LogP contribution in [0.4, 0.5) is 5.69 Å². The fraction of sp³-hybridized carbons (Fsp3) is 0.370. The van der Waals surface area contributed by atoms with Gasteiger partial charge in [0.2, 0.25) is 0 Å². The number of para-hydroxylation sites is 1. The molecule has 6 heteroatoms. The lowest BCUT2D eigenvalue weighted by atomic mass is 9.96. The lowest BCUT2D eigenvalue weighted by Crippen LogP contribution is -2.44. The quantitative estimate of drug-likeness (QED) is 0.402. The highest BCUT2D eigenvalue weighted by Crippen LogP contribution is 2.34. The van der Waals surface area contributed by atoms with Gasteiger partial charge in [0, 0.05) is 17.6 Å². The lowest BCUT2D eigenvalue weighted by molar-refractivity contribution is 0.415. The average molecular weight is 444 g/mol. The molecule has 172 valence electrons. The standard InChI is InChI=1S/C27H33N5O/c1-4-5-6-14-23-27(33)32(21-13-8-12-20(17-21)26(28)29)25-22(30-23)15-9-16-24(25)31-18(2)10-7-11-19(31)3/h6,8-9,12-19H,4-5,7,10-11H2,1-3H3,(H3,28,29)/b14-6+/t18-,19+. The minimum absolute atomic E-state index is 0.0233. The molecular formula is C27H33N5O. The van der Waals surface area contributed by atoms with Gasteiger partial charge in [-0.05, 0) is 69.9 Å². The van der Waals surface area contributed by atoms with Crippen molar-refractivity contribution >= 4 is 28.6 Å². The van der Waals surface area contributed by atoms with Crippen LogP contribution in [0.2, 0.25) is 0 Å². The van der Waals surface area contributed by atoms with Crippen LogP contribution >= 0.6 is 0 Å². The smallest absolute Gasteiger partial charge is 0.281 e. The van der Waals surface area contributed by atoms with E-state index in [1.165, 1.54) is 6.42 Å². The summed E-state index contributed by atoms with van der Waals surface area (Å²) in [6.07, 6.45) is 9.18. The molecule has 1 saturated heterocycles. The molecule has 0 radical (unpaired) electrons. The molecule has 0 amide bonds. The molecule has 33 heavy (non-hydrogen) atoms. The first kappa shape index (κ1) is 22.8. The molecule has 1 aromatic heterocycles. The van der Waals surface area contributed by atoms with Gasteiger partial charge in [-0.25, -0.2) is 4.98 Å². The van der Waals surface area contributed by atoms with Crippen LogP contribution in [0.5, 0.6) is 0 Å². The van der Waals surface area contributed by atoms with Crippen molar-refractivity contribution in [2.45, 2.75) is 65.0 Å². The summed E-state index contributed by atoms with van der Waals surface area (Å²) in [6, 6.07) is 14.2. The second-order valence-electron chi connectivity index (χ2n) is 8.97. The zero-order valence-electron chi connectivity index (χ0n) is 19.7. The van der Waals surface area contributed by atoms with Crippen molar-refractivity contribution in [3.8, 4) is 5.69 Å². The van der Waals surface area contributed by atoms with Crippen LogP contribution < -0.4 is 16.2 Å². The number of hydrogen-bond donors (Lipinski definition) is 2. The number of rotatable bonds is 6. The number of nitrogens with two attached hydrogens (primary N) is 1. The molecule has 3 aromatic rings. The molecule has 0 unspecified atom stereocenters. The van der Waals surface area contributed by atoms with Gasteiger partial charge in [0.15, 0.2) is 0 Å². The van der Waals surface area contributed by atoms with Crippen molar-refractivity contribution in [2.75, 3.05) is 4.90 Å². The third-order valence-corrected chi connectivity index (χ3v) is 6.50. The number of amidine groups is 1. The predicted molar refractivity (Wildman–Crippen MR) is 138 cm³/mol. The molecule has 0 aliphatic carbocycles. The van der Waals surface area contributed by atoms with Crippen molar-refractivity contribution in [2.24, 2.45) is 5.73 Å². The van der Waals surface area contributed by atoms with Crippen LogP contribution in [-0.2, 0) is 0 Å². The number of fused-ring (bicyclic) bond motifs is 1. The fourth-order valence-corrected chi connectivity index (χ4v) is 4.87. The molecule has 4 rings (SSSR count). The van der Waals surface area contributed by atoms with E-state index < -0.39 is 0 Å². The minimum atomic E-state index is -0.166. The number of hydrogen-bond acceptors (Lipinski definition) is 4. The van der Waals surface area contributed by atoms with Gasteiger partial charge in [-0.1, -0.05) is 37.6 Å². The molecule has 1 aliphatic rings. The first-order valence-corrected chi connectivity index (χ1v) is 11.9. The first-order chi connectivity index (χ1) is 15.9. The highest BCUT2D eigenvalue weighted by Gasteiger charge is 2.28. The summed E-state index contributed by atoms with van der Waals surface area (Å²) >= 11 is 0. The third-order valence-electron chi connectivity index (χ3n) is 6.50. The topological polar surface area (TPSA) is 88.0 Å². The monoisotopic (exact) mass is 443 g/mol. The van der Waals surface area contributed by atoms with Gasteiger partial charge in [-0.3, -0.25) is 14.8 Å². The second-order valence-corrected chi connectivity index (χ2v) is 8.97. The van der Waals surface area contributed by atoms with Gasteiger partial charge in [0.25, 0.3) is 5.56 Å². The number of allylic oxidation sites excluding steroid dienone is 1. The van der Waals surface area contributed by atoms with Crippen molar-refractivity contribution < 1.29 is 0 Å². The fourth-order valence-electron chi connectivity index (χ4n) is 4.87. The van der Waals surface area contributed by atoms with Gasteiger partial charge < -0.3 is 10.6 Å². The molecule has 6 nitrogen and oxygen atoms in total. The molecule has 1 fully saturated rings. The Morgan fingerprint density at radius 3 is 2.61 bits per heavy atom. The zero-order chi connectivity index (χ0) is 23.5. The Balaban J connectivity index is 2.05. The summed E-state index contributed by atoms with van der Waals surface area (Å²) < 4.78 is 1.75. The van der Waals surface area contributed by atoms with Gasteiger partial charge >= 0.3 is 0 Å². The maximum Gasteiger partial charge on any atom is 0.281 e. The predicted octanol–water partition coefficient (Wildman–Crippen LogP) is 5.25. The molecule has 2 aromatic carbocycles. The zero-order valence-corrected chi connectivity index (χ0v) is 19.7. The van der Waals surface area contributed by atoms with Crippen LogP contribution in [-0.4, -0.2) is 27.5 Å². The van der Waals surface area contributed by atoms with E-state index in [1.807, 2.05) is 42.5 Å². The molecule has 3 N–H and O–H groups in total. The van der Waals surface area contributed by atoms with E-state index in [-0.39, 0.29) is 11.4 Å². The lowest BCUT2D eigenvalue weighted by Gasteiger charge is -2.41. The Morgan fingerprint density at radius 2 is 1.91 bits per heavy atom. The number of unbranched alkanes of at least 4 members (excludes halogenated alkanes) is 1. The van der Waals surface area contributed by atoms with Crippen molar-refractivity contribution in [1.82, 2.24) is 9.55 Å². The SMILES string of the molecule is CCC/C=C/c1nc2cccc(N3[C@H](C)CCC[C@@H]3C)c2n(-c2cccc(C(=N)N)c2)c1=O. The van der Waals surface area contributed by atoms with Gasteiger partial charge in [0.1, 0.15) is 11.5 Å². The third kappa shape index (κ3) is 4.42. The molecule has 2 atom stereocenters. The Labute approximate surface area is 195 Å². The van der Waals surface area contributed by atoms with E-state index in [4.69, 9.17) is 16.1 Å². The Hall–Kier alpha value is -3.41. The van der Waals surface area contributed by atoms with E-state index in [0.29, 0.717) is 29.0 Å². The number of anilines is 1. The summed E-state index contributed by atoms with van der Waals surface area (Å²) in [7, 11) is 0. The number of aromatic nitrogens is 2. The molecule has 1 aliphatic heterocycles. The Bertz CT molecular complexity index is 1250. The summed E-state index contributed by atoms with van der Waals surface area (Å²) in [4.78, 5) is 21.0. The van der Waals surface area contributed by atoms with Crippen molar-refractivity contribution in [3.63, 3.8) is 0 Å². The maximum atomic E-state index is 13.8. The van der Waals surface area contributed by atoms with Gasteiger partial charge in [0.05, 0.1) is 22.4 Å². The summed E-state index contributed by atoms with van der Waals surface area (Å²) in [5, 5.41) is 7.88. The molecular weight excluding hydrogens is 410 g/mol. The largest absolute Gasteiger partial charge is 0.384 e.